The molecule has 2 unspecified atom stereocenters. The van der Waals surface area contributed by atoms with E-state index in [4.69, 9.17) is 0 Å². The number of nitrogens with one attached hydrogen (secondary N) is 3. The normalized spacial score (nSPS) is 19.2. The lowest BCUT2D eigenvalue weighted by molar-refractivity contribution is 0.257. The van der Waals surface area contributed by atoms with E-state index in [0.29, 0.717) is 6.04 Å². The Balaban J connectivity index is 4.18. The predicted molar refractivity (Wildman–Crippen MR) is 62.8 cm³/mol. The maximum atomic E-state index is 3.61. The highest BCUT2D eigenvalue weighted by Gasteiger charge is 2.27. The number of hydrogen-bond acceptors (Lipinski definition) is 3. The summed E-state index contributed by atoms with van der Waals surface area (Å²) in [5.74, 6) is 0. The van der Waals surface area contributed by atoms with Gasteiger partial charge in [-0.15, -0.1) is 0 Å². The maximum absolute atomic E-state index is 3.61. The zero-order valence-corrected chi connectivity index (χ0v) is 11.1. The quantitative estimate of drug-likeness (QED) is 0.404. The topological polar surface area (TPSA) is 36.1 Å². The van der Waals surface area contributed by atoms with Crippen molar-refractivity contribution in [3.05, 3.63) is 0 Å². The van der Waals surface area contributed by atoms with Gasteiger partial charge in [-0.1, -0.05) is 20.4 Å². The fourth-order valence-electron chi connectivity index (χ4n) is 1.61. The summed E-state index contributed by atoms with van der Waals surface area (Å²) in [5, 5.41) is 6.96. The van der Waals surface area contributed by atoms with Crippen LogP contribution in [0.1, 0.15) is 27.7 Å². The second kappa shape index (κ2) is 6.54. The summed E-state index contributed by atoms with van der Waals surface area (Å²) in [5.41, 5.74) is 0.0612. The molecule has 0 fully saturated rings. The van der Waals surface area contributed by atoms with E-state index in [1.807, 2.05) is 0 Å². The van der Waals surface area contributed by atoms with Crippen LogP contribution in [0.3, 0.4) is 0 Å². The van der Waals surface area contributed by atoms with Crippen LogP contribution in [0.25, 0.3) is 0 Å². The first-order chi connectivity index (χ1) is 6.10. The van der Waals surface area contributed by atoms with E-state index in [0.717, 1.165) is 13.1 Å². The van der Waals surface area contributed by atoms with Gasteiger partial charge in [0.25, 0.3) is 0 Å². The molecule has 2 atom stereocenters. The molecule has 0 aromatic rings. The third kappa shape index (κ3) is 4.22. The molecule has 3 nitrogen and oxygen atoms in total. The molecule has 0 aliphatic carbocycles. The molecule has 80 valence electrons. The van der Waals surface area contributed by atoms with E-state index < -0.39 is 0 Å². The van der Waals surface area contributed by atoms with E-state index in [-0.39, 0.29) is 15.3 Å². The highest BCUT2D eigenvalue weighted by molar-refractivity contribution is 6.30. The van der Waals surface area contributed by atoms with Gasteiger partial charge in [0.1, 0.15) is 0 Å². The van der Waals surface area contributed by atoms with Gasteiger partial charge < -0.3 is 10.3 Å². The molecule has 0 aromatic heterocycles. The van der Waals surface area contributed by atoms with Crippen molar-refractivity contribution >= 4 is 9.68 Å². The standard InChI is InChI=1S/C9H25N3Si/c1-6-10-8(3)9(4,11-7-2)12-13-5/h8,10-12H,6-7,13H2,1-5H3. The Labute approximate surface area is 85.0 Å². The summed E-state index contributed by atoms with van der Waals surface area (Å²) in [4.78, 5) is 3.61. The molecule has 0 amide bonds. The lowest BCUT2D eigenvalue weighted by Gasteiger charge is -2.38. The van der Waals surface area contributed by atoms with Crippen LogP contribution in [-0.4, -0.2) is 34.5 Å². The van der Waals surface area contributed by atoms with Gasteiger partial charge in [0, 0.05) is 6.04 Å². The first-order valence-electron chi connectivity index (χ1n) is 5.34. The molecule has 0 spiro atoms. The van der Waals surface area contributed by atoms with Crippen LogP contribution in [0.2, 0.25) is 6.55 Å². The molecule has 4 heteroatoms. The summed E-state index contributed by atoms with van der Waals surface area (Å²) >= 11 is 0. The van der Waals surface area contributed by atoms with Crippen LogP contribution in [0.4, 0.5) is 0 Å². The Hall–Kier alpha value is 0.0969. The molecule has 0 bridgehead atoms. The van der Waals surface area contributed by atoms with Gasteiger partial charge in [-0.3, -0.25) is 5.32 Å². The van der Waals surface area contributed by atoms with Crippen molar-refractivity contribution in [2.75, 3.05) is 13.1 Å². The van der Waals surface area contributed by atoms with Crippen molar-refractivity contribution < 1.29 is 0 Å². The molecular formula is C9H25N3Si. The first-order valence-corrected chi connectivity index (χ1v) is 7.46. The largest absolute Gasteiger partial charge is 0.325 e. The Morgan fingerprint density at radius 3 is 2.31 bits per heavy atom. The van der Waals surface area contributed by atoms with E-state index in [1.54, 1.807) is 0 Å². The van der Waals surface area contributed by atoms with Crippen LogP contribution < -0.4 is 15.6 Å². The van der Waals surface area contributed by atoms with E-state index in [9.17, 15) is 0 Å². The van der Waals surface area contributed by atoms with Gasteiger partial charge in [-0.2, -0.15) is 0 Å². The highest BCUT2D eigenvalue weighted by atomic mass is 28.2. The average molecular weight is 203 g/mol. The van der Waals surface area contributed by atoms with Gasteiger partial charge in [-0.25, -0.2) is 0 Å². The fraction of sp³-hybridized carbons (Fsp3) is 1.00. The zero-order chi connectivity index (χ0) is 10.3. The first kappa shape index (κ1) is 13.1. The van der Waals surface area contributed by atoms with Crippen LogP contribution in [0.15, 0.2) is 0 Å². The smallest absolute Gasteiger partial charge is 0.0907 e. The van der Waals surface area contributed by atoms with Gasteiger partial charge in [-0.05, 0) is 26.9 Å². The number of hydrogen-bond donors (Lipinski definition) is 3. The van der Waals surface area contributed by atoms with Crippen LogP contribution in [0.5, 0.6) is 0 Å². The molecule has 3 N–H and O–H groups in total. The molecule has 0 radical (unpaired) electrons. The molecule has 0 aromatic carbocycles. The van der Waals surface area contributed by atoms with Crippen molar-refractivity contribution in [1.29, 1.82) is 0 Å². The summed E-state index contributed by atoms with van der Waals surface area (Å²) in [7, 11) is -0.123. The van der Waals surface area contributed by atoms with Crippen LogP contribution in [0, 0.1) is 0 Å². The molecular weight excluding hydrogens is 178 g/mol. The third-order valence-electron chi connectivity index (χ3n) is 2.46. The fourth-order valence-corrected chi connectivity index (χ4v) is 2.78. The Morgan fingerprint density at radius 1 is 1.31 bits per heavy atom. The Kier molecular flexibility index (Phi) is 6.58. The van der Waals surface area contributed by atoms with Gasteiger partial charge in [0.05, 0.1) is 15.3 Å². The predicted octanol–water partition coefficient (Wildman–Crippen LogP) is 0.0316. The minimum atomic E-state index is -0.123. The SMILES string of the molecule is CCNC(C)C(C)(NCC)N[SiH2]C. The minimum absolute atomic E-state index is 0.0612. The second-order valence-corrected chi connectivity index (χ2v) is 4.60. The maximum Gasteiger partial charge on any atom is 0.0907 e. The molecule has 0 saturated carbocycles. The second-order valence-electron chi connectivity index (χ2n) is 3.54. The van der Waals surface area contributed by atoms with Crippen LogP contribution >= 0.6 is 0 Å². The molecule has 0 saturated heterocycles. The molecule has 0 aliphatic heterocycles. The molecule has 0 rings (SSSR count). The number of rotatable bonds is 7. The average Bonchev–Trinajstić information content (AvgIpc) is 2.05. The van der Waals surface area contributed by atoms with Gasteiger partial charge in [0.2, 0.25) is 0 Å². The van der Waals surface area contributed by atoms with Crippen molar-refractivity contribution in [1.82, 2.24) is 15.6 Å². The van der Waals surface area contributed by atoms with E-state index in [2.05, 4.69) is 49.9 Å². The summed E-state index contributed by atoms with van der Waals surface area (Å²) in [6, 6.07) is 0.463. The van der Waals surface area contributed by atoms with Crippen LogP contribution in [-0.2, 0) is 0 Å². The van der Waals surface area contributed by atoms with Crippen molar-refractivity contribution in [3.63, 3.8) is 0 Å². The lowest BCUT2D eigenvalue weighted by Crippen LogP contribution is -2.65. The van der Waals surface area contributed by atoms with E-state index >= 15 is 0 Å². The van der Waals surface area contributed by atoms with Crippen molar-refractivity contribution in [2.45, 2.75) is 45.9 Å². The molecule has 0 heterocycles. The van der Waals surface area contributed by atoms with Gasteiger partial charge >= 0.3 is 0 Å². The monoisotopic (exact) mass is 203 g/mol. The number of likely N-dealkylation sites (N-methyl/N-ethyl adjacent to an activating group) is 2. The zero-order valence-electron chi connectivity index (χ0n) is 9.70. The third-order valence-corrected chi connectivity index (χ3v) is 3.55. The lowest BCUT2D eigenvalue weighted by atomic mass is 10.1. The Bertz CT molecular complexity index is 124. The summed E-state index contributed by atoms with van der Waals surface area (Å²) in [6.07, 6.45) is 0. The molecule has 13 heavy (non-hydrogen) atoms. The minimum Gasteiger partial charge on any atom is -0.325 e. The van der Waals surface area contributed by atoms with Crippen molar-refractivity contribution in [2.24, 2.45) is 0 Å². The Morgan fingerprint density at radius 2 is 1.92 bits per heavy atom. The highest BCUT2D eigenvalue weighted by Crippen LogP contribution is 2.04. The molecule has 0 aliphatic rings. The summed E-state index contributed by atoms with van der Waals surface area (Å²) in [6.45, 7) is 13.1. The van der Waals surface area contributed by atoms with E-state index in [1.165, 1.54) is 0 Å². The van der Waals surface area contributed by atoms with Gasteiger partial charge in [0.15, 0.2) is 0 Å². The summed E-state index contributed by atoms with van der Waals surface area (Å²) < 4.78 is 0. The van der Waals surface area contributed by atoms with Crippen molar-refractivity contribution in [3.8, 4) is 0 Å².